The molecular formula is C29H34N2O4. The van der Waals surface area contributed by atoms with Crippen molar-refractivity contribution in [2.75, 3.05) is 13.6 Å². The Morgan fingerprint density at radius 3 is 1.83 bits per heavy atom. The lowest BCUT2D eigenvalue weighted by atomic mass is 10.1. The fourth-order valence-electron chi connectivity index (χ4n) is 3.66. The van der Waals surface area contributed by atoms with Crippen molar-refractivity contribution in [3.05, 3.63) is 108 Å². The topological polar surface area (TPSA) is 67.9 Å². The van der Waals surface area contributed by atoms with Crippen molar-refractivity contribution in [3.8, 4) is 0 Å². The number of unbranched alkanes of at least 4 members (excludes halogenated alkanes) is 1. The molecule has 1 amide bonds. The summed E-state index contributed by atoms with van der Waals surface area (Å²) >= 11 is 0. The Labute approximate surface area is 207 Å². The van der Waals surface area contributed by atoms with Crippen molar-refractivity contribution in [1.29, 1.82) is 0 Å². The van der Waals surface area contributed by atoms with Crippen molar-refractivity contribution < 1.29 is 19.1 Å². The molecule has 6 heteroatoms. The van der Waals surface area contributed by atoms with Gasteiger partial charge in [0.1, 0.15) is 19.3 Å². The molecule has 0 aliphatic rings. The SMILES string of the molecule is CN(C(=O)OCc1ccccc1)[C@@H](CCCCNCc1ccccc1)C(=O)OCc1ccccc1. The minimum atomic E-state index is -0.712. The van der Waals surface area contributed by atoms with E-state index in [0.717, 1.165) is 37.1 Å². The minimum Gasteiger partial charge on any atom is -0.459 e. The Kier molecular flexibility index (Phi) is 10.8. The molecule has 0 unspecified atom stereocenters. The number of esters is 1. The number of benzene rings is 3. The molecule has 0 saturated heterocycles. The maximum absolute atomic E-state index is 13.0. The smallest absolute Gasteiger partial charge is 0.410 e. The number of likely N-dealkylation sites (N-methyl/N-ethyl adjacent to an activating group) is 1. The molecule has 6 nitrogen and oxygen atoms in total. The lowest BCUT2D eigenvalue weighted by molar-refractivity contribution is -0.150. The normalized spacial score (nSPS) is 11.5. The summed E-state index contributed by atoms with van der Waals surface area (Å²) in [5, 5.41) is 3.42. The average Bonchev–Trinajstić information content (AvgIpc) is 2.91. The number of carbonyl (C=O) groups is 2. The van der Waals surface area contributed by atoms with Crippen LogP contribution in [0.15, 0.2) is 91.0 Å². The molecule has 184 valence electrons. The second kappa shape index (κ2) is 14.6. The van der Waals surface area contributed by atoms with E-state index >= 15 is 0 Å². The molecule has 0 aliphatic heterocycles. The number of rotatable bonds is 13. The standard InChI is InChI=1S/C29H34N2O4/c1-31(29(33)35-23-26-17-9-4-10-18-26)27(28(32)34-22-25-15-7-3-8-16-25)19-11-12-20-30-21-24-13-5-2-6-14-24/h2-10,13-18,27,30H,11-12,19-23H2,1H3/t27-/m0/s1. The summed E-state index contributed by atoms with van der Waals surface area (Å²) in [7, 11) is 1.59. The first-order valence-electron chi connectivity index (χ1n) is 12.0. The average molecular weight is 475 g/mol. The molecule has 0 aromatic heterocycles. The highest BCUT2D eigenvalue weighted by atomic mass is 16.6. The molecule has 0 fully saturated rings. The van der Waals surface area contributed by atoms with Gasteiger partial charge in [-0.3, -0.25) is 4.90 Å². The van der Waals surface area contributed by atoms with Gasteiger partial charge >= 0.3 is 12.1 Å². The predicted octanol–water partition coefficient (Wildman–Crippen LogP) is 5.33. The molecule has 0 saturated carbocycles. The van der Waals surface area contributed by atoms with Gasteiger partial charge in [-0.2, -0.15) is 0 Å². The number of hydrogen-bond acceptors (Lipinski definition) is 5. The molecular weight excluding hydrogens is 440 g/mol. The van der Waals surface area contributed by atoms with Crippen LogP contribution in [0.5, 0.6) is 0 Å². The highest BCUT2D eigenvalue weighted by Crippen LogP contribution is 2.14. The van der Waals surface area contributed by atoms with Crippen molar-refractivity contribution >= 4 is 12.1 Å². The lowest BCUT2D eigenvalue weighted by Crippen LogP contribution is -2.43. The van der Waals surface area contributed by atoms with Gasteiger partial charge in [0.2, 0.25) is 0 Å². The van der Waals surface area contributed by atoms with E-state index in [1.165, 1.54) is 10.5 Å². The van der Waals surface area contributed by atoms with Crippen LogP contribution in [0.3, 0.4) is 0 Å². The van der Waals surface area contributed by atoms with Crippen LogP contribution in [0, 0.1) is 0 Å². The number of ether oxygens (including phenoxy) is 2. The fraction of sp³-hybridized carbons (Fsp3) is 0.310. The van der Waals surface area contributed by atoms with Gasteiger partial charge in [0.05, 0.1) is 0 Å². The van der Waals surface area contributed by atoms with Crippen molar-refractivity contribution in [2.24, 2.45) is 0 Å². The summed E-state index contributed by atoms with van der Waals surface area (Å²) in [5.41, 5.74) is 3.02. The third-order valence-electron chi connectivity index (χ3n) is 5.71. The van der Waals surface area contributed by atoms with Crippen LogP contribution >= 0.6 is 0 Å². The Morgan fingerprint density at radius 2 is 1.26 bits per heavy atom. The number of amides is 1. The van der Waals surface area contributed by atoms with E-state index < -0.39 is 18.1 Å². The maximum Gasteiger partial charge on any atom is 0.410 e. The number of nitrogens with one attached hydrogen (secondary N) is 1. The Morgan fingerprint density at radius 1 is 0.743 bits per heavy atom. The van der Waals surface area contributed by atoms with Gasteiger partial charge in [-0.25, -0.2) is 9.59 Å². The molecule has 3 aromatic carbocycles. The molecule has 0 heterocycles. The summed E-state index contributed by atoms with van der Waals surface area (Å²) in [6.45, 7) is 1.94. The third-order valence-corrected chi connectivity index (χ3v) is 5.71. The number of hydrogen-bond donors (Lipinski definition) is 1. The van der Waals surface area contributed by atoms with Gasteiger partial charge in [0.25, 0.3) is 0 Å². The van der Waals surface area contributed by atoms with E-state index in [9.17, 15) is 9.59 Å². The second-order valence-electron chi connectivity index (χ2n) is 8.42. The third kappa shape index (κ3) is 9.26. The van der Waals surface area contributed by atoms with E-state index in [4.69, 9.17) is 9.47 Å². The van der Waals surface area contributed by atoms with Crippen LogP contribution in [-0.4, -0.2) is 36.6 Å². The minimum absolute atomic E-state index is 0.152. The Balaban J connectivity index is 1.50. The van der Waals surface area contributed by atoms with Crippen molar-refractivity contribution in [3.63, 3.8) is 0 Å². The Hall–Kier alpha value is -3.64. The molecule has 1 atom stereocenters. The summed E-state index contributed by atoms with van der Waals surface area (Å²) in [6.07, 6.45) is 1.60. The quantitative estimate of drug-likeness (QED) is 0.268. The Bertz CT molecular complexity index is 1010. The first kappa shape index (κ1) is 26.0. The second-order valence-corrected chi connectivity index (χ2v) is 8.42. The van der Waals surface area contributed by atoms with Crippen LogP contribution in [0.4, 0.5) is 4.79 Å². The van der Waals surface area contributed by atoms with Crippen LogP contribution in [0.25, 0.3) is 0 Å². The first-order chi connectivity index (χ1) is 17.1. The lowest BCUT2D eigenvalue weighted by Gasteiger charge is -2.26. The zero-order valence-corrected chi connectivity index (χ0v) is 20.3. The monoisotopic (exact) mass is 474 g/mol. The van der Waals surface area contributed by atoms with Gasteiger partial charge in [0, 0.05) is 13.6 Å². The molecule has 0 aliphatic carbocycles. The van der Waals surface area contributed by atoms with E-state index in [1.807, 2.05) is 78.9 Å². The molecule has 35 heavy (non-hydrogen) atoms. The summed E-state index contributed by atoms with van der Waals surface area (Å²) in [6, 6.07) is 28.5. The van der Waals surface area contributed by atoms with Crippen molar-refractivity contribution in [1.82, 2.24) is 10.2 Å². The van der Waals surface area contributed by atoms with E-state index in [-0.39, 0.29) is 13.2 Å². The van der Waals surface area contributed by atoms with Gasteiger partial charge in [-0.05, 0) is 42.5 Å². The largest absolute Gasteiger partial charge is 0.459 e. The molecule has 1 N–H and O–H groups in total. The molecule has 0 spiro atoms. The summed E-state index contributed by atoms with van der Waals surface area (Å²) in [4.78, 5) is 27.0. The number of carbonyl (C=O) groups excluding carboxylic acids is 2. The highest BCUT2D eigenvalue weighted by Gasteiger charge is 2.29. The molecule has 0 radical (unpaired) electrons. The summed E-state index contributed by atoms with van der Waals surface area (Å²) in [5.74, 6) is -0.426. The van der Waals surface area contributed by atoms with Crippen molar-refractivity contribution in [2.45, 2.75) is 45.1 Å². The van der Waals surface area contributed by atoms with Gasteiger partial charge in [-0.15, -0.1) is 0 Å². The van der Waals surface area contributed by atoms with Crippen LogP contribution in [0.2, 0.25) is 0 Å². The van der Waals surface area contributed by atoms with Crippen LogP contribution < -0.4 is 5.32 Å². The first-order valence-corrected chi connectivity index (χ1v) is 12.0. The zero-order chi connectivity index (χ0) is 24.7. The molecule has 3 rings (SSSR count). The van der Waals surface area contributed by atoms with Gasteiger partial charge in [0.15, 0.2) is 0 Å². The maximum atomic E-state index is 13.0. The van der Waals surface area contributed by atoms with E-state index in [0.29, 0.717) is 6.42 Å². The number of nitrogens with zero attached hydrogens (tertiary/aromatic N) is 1. The molecule has 3 aromatic rings. The highest BCUT2D eigenvalue weighted by molar-refractivity contribution is 5.81. The van der Waals surface area contributed by atoms with Crippen LogP contribution in [0.1, 0.15) is 36.0 Å². The molecule has 0 bridgehead atoms. The van der Waals surface area contributed by atoms with Gasteiger partial charge < -0.3 is 14.8 Å². The van der Waals surface area contributed by atoms with E-state index in [1.54, 1.807) is 7.05 Å². The van der Waals surface area contributed by atoms with Crippen LogP contribution in [-0.2, 0) is 34.0 Å². The van der Waals surface area contributed by atoms with Gasteiger partial charge in [-0.1, -0.05) is 91.0 Å². The fourth-order valence-corrected chi connectivity index (χ4v) is 3.66. The predicted molar refractivity (Wildman–Crippen MR) is 136 cm³/mol. The summed E-state index contributed by atoms with van der Waals surface area (Å²) < 4.78 is 11.0. The van der Waals surface area contributed by atoms with E-state index in [2.05, 4.69) is 17.4 Å². The zero-order valence-electron chi connectivity index (χ0n) is 20.3.